The maximum atomic E-state index is 12.6. The SMILES string of the molecule is CCCCOC(=O)c1ccccc1NC(=O)N1CCC2(CC1)OCCO2. The lowest BCUT2D eigenvalue weighted by Crippen LogP contribution is -2.48. The number of piperidine rings is 1. The van der Waals surface area contributed by atoms with Gasteiger partial charge in [-0.1, -0.05) is 25.5 Å². The van der Waals surface area contributed by atoms with Gasteiger partial charge in [0.05, 0.1) is 31.1 Å². The number of nitrogens with zero attached hydrogens (tertiary/aromatic N) is 1. The summed E-state index contributed by atoms with van der Waals surface area (Å²) in [7, 11) is 0. The molecule has 2 aliphatic heterocycles. The van der Waals surface area contributed by atoms with Gasteiger partial charge in [0, 0.05) is 25.9 Å². The first kappa shape index (κ1) is 18.7. The first-order valence-electron chi connectivity index (χ1n) is 9.23. The van der Waals surface area contributed by atoms with E-state index >= 15 is 0 Å². The molecule has 0 unspecified atom stereocenters. The summed E-state index contributed by atoms with van der Waals surface area (Å²) in [6.45, 7) is 4.74. The van der Waals surface area contributed by atoms with Crippen molar-refractivity contribution in [1.82, 2.24) is 4.90 Å². The maximum absolute atomic E-state index is 12.6. The maximum Gasteiger partial charge on any atom is 0.340 e. The Kier molecular flexibility index (Phi) is 6.11. The summed E-state index contributed by atoms with van der Waals surface area (Å²) in [5, 5.41) is 2.84. The van der Waals surface area contributed by atoms with Gasteiger partial charge in [-0.25, -0.2) is 9.59 Å². The number of anilines is 1. The van der Waals surface area contributed by atoms with Crippen molar-refractivity contribution in [1.29, 1.82) is 0 Å². The Labute approximate surface area is 153 Å². The molecule has 2 amide bonds. The Morgan fingerprint density at radius 3 is 2.58 bits per heavy atom. The summed E-state index contributed by atoms with van der Waals surface area (Å²) in [5.41, 5.74) is 0.834. The molecule has 1 spiro atoms. The molecule has 1 aromatic carbocycles. The van der Waals surface area contributed by atoms with Crippen molar-refractivity contribution in [3.63, 3.8) is 0 Å². The number of hydrogen-bond acceptors (Lipinski definition) is 5. The van der Waals surface area contributed by atoms with Crippen LogP contribution in [0, 0.1) is 0 Å². The van der Waals surface area contributed by atoms with Crippen LogP contribution in [0.4, 0.5) is 10.5 Å². The third-order valence-corrected chi connectivity index (χ3v) is 4.75. The molecule has 2 aliphatic rings. The highest BCUT2D eigenvalue weighted by Gasteiger charge is 2.40. The van der Waals surface area contributed by atoms with Gasteiger partial charge in [0.15, 0.2) is 5.79 Å². The minimum atomic E-state index is -0.516. The van der Waals surface area contributed by atoms with E-state index in [0.717, 1.165) is 12.8 Å². The Hall–Kier alpha value is -2.12. The van der Waals surface area contributed by atoms with Gasteiger partial charge in [0.2, 0.25) is 0 Å². The van der Waals surface area contributed by atoms with Crippen LogP contribution in [0.15, 0.2) is 24.3 Å². The zero-order valence-electron chi connectivity index (χ0n) is 15.2. The number of hydrogen-bond donors (Lipinski definition) is 1. The van der Waals surface area contributed by atoms with Crippen LogP contribution in [-0.2, 0) is 14.2 Å². The summed E-state index contributed by atoms with van der Waals surface area (Å²) in [6, 6.07) is 6.68. The van der Waals surface area contributed by atoms with Crippen LogP contribution in [-0.4, -0.2) is 55.6 Å². The van der Waals surface area contributed by atoms with Crippen molar-refractivity contribution >= 4 is 17.7 Å². The van der Waals surface area contributed by atoms with E-state index in [2.05, 4.69) is 5.32 Å². The second kappa shape index (κ2) is 8.51. The van der Waals surface area contributed by atoms with Crippen LogP contribution in [0.25, 0.3) is 0 Å². The molecule has 2 saturated heterocycles. The van der Waals surface area contributed by atoms with Crippen LogP contribution in [0.5, 0.6) is 0 Å². The Bertz CT molecular complexity index is 633. The smallest absolute Gasteiger partial charge is 0.340 e. The second-order valence-electron chi connectivity index (χ2n) is 6.56. The number of likely N-dealkylation sites (tertiary alicyclic amines) is 1. The molecule has 26 heavy (non-hydrogen) atoms. The fourth-order valence-corrected chi connectivity index (χ4v) is 3.19. The molecule has 1 N–H and O–H groups in total. The van der Waals surface area contributed by atoms with E-state index in [0.29, 0.717) is 57.0 Å². The Morgan fingerprint density at radius 1 is 1.19 bits per heavy atom. The number of benzene rings is 1. The molecule has 0 bridgehead atoms. The fourth-order valence-electron chi connectivity index (χ4n) is 3.19. The monoisotopic (exact) mass is 362 g/mol. The van der Waals surface area contributed by atoms with E-state index in [1.807, 2.05) is 6.92 Å². The number of nitrogens with one attached hydrogen (secondary N) is 1. The summed E-state index contributed by atoms with van der Waals surface area (Å²) in [4.78, 5) is 26.6. The number of carbonyl (C=O) groups excluding carboxylic acids is 2. The highest BCUT2D eigenvalue weighted by Crippen LogP contribution is 2.31. The summed E-state index contributed by atoms with van der Waals surface area (Å²) >= 11 is 0. The van der Waals surface area contributed by atoms with E-state index < -0.39 is 11.8 Å². The van der Waals surface area contributed by atoms with Crippen LogP contribution >= 0.6 is 0 Å². The van der Waals surface area contributed by atoms with Crippen LogP contribution in [0.3, 0.4) is 0 Å². The predicted molar refractivity (Wildman–Crippen MR) is 96.1 cm³/mol. The van der Waals surface area contributed by atoms with Crippen molar-refractivity contribution in [3.8, 4) is 0 Å². The molecule has 142 valence electrons. The van der Waals surface area contributed by atoms with Gasteiger partial charge in [-0.05, 0) is 18.6 Å². The average molecular weight is 362 g/mol. The lowest BCUT2D eigenvalue weighted by Gasteiger charge is -2.37. The number of rotatable bonds is 5. The third kappa shape index (κ3) is 4.34. The van der Waals surface area contributed by atoms with E-state index in [1.165, 1.54) is 0 Å². The van der Waals surface area contributed by atoms with Crippen LogP contribution in [0.1, 0.15) is 43.0 Å². The number of carbonyl (C=O) groups is 2. The quantitative estimate of drug-likeness (QED) is 0.644. The van der Waals surface area contributed by atoms with Gasteiger partial charge in [-0.2, -0.15) is 0 Å². The first-order valence-corrected chi connectivity index (χ1v) is 9.23. The largest absolute Gasteiger partial charge is 0.462 e. The molecule has 7 heteroatoms. The fraction of sp³-hybridized carbons (Fsp3) is 0.579. The van der Waals surface area contributed by atoms with Crippen molar-refractivity contribution in [3.05, 3.63) is 29.8 Å². The number of unbranched alkanes of at least 4 members (excludes halogenated alkanes) is 1. The minimum absolute atomic E-state index is 0.230. The minimum Gasteiger partial charge on any atom is -0.462 e. The Morgan fingerprint density at radius 2 is 1.88 bits per heavy atom. The molecule has 3 rings (SSSR count). The summed E-state index contributed by atoms with van der Waals surface area (Å²) in [5.74, 6) is -0.933. The lowest BCUT2D eigenvalue weighted by atomic mass is 10.0. The highest BCUT2D eigenvalue weighted by molar-refractivity contribution is 6.00. The average Bonchev–Trinajstić information content (AvgIpc) is 3.11. The van der Waals surface area contributed by atoms with Crippen LogP contribution in [0.2, 0.25) is 0 Å². The number of urea groups is 1. The molecule has 2 fully saturated rings. The Balaban J connectivity index is 1.58. The molecule has 0 aliphatic carbocycles. The van der Waals surface area contributed by atoms with Gasteiger partial charge in [-0.3, -0.25) is 0 Å². The molecular weight excluding hydrogens is 336 g/mol. The molecule has 1 aromatic rings. The predicted octanol–water partition coefficient (Wildman–Crippen LogP) is 3.01. The third-order valence-electron chi connectivity index (χ3n) is 4.75. The highest BCUT2D eigenvalue weighted by atomic mass is 16.7. The van der Waals surface area contributed by atoms with Crippen molar-refractivity contribution < 1.29 is 23.8 Å². The van der Waals surface area contributed by atoms with Gasteiger partial charge >= 0.3 is 12.0 Å². The topological polar surface area (TPSA) is 77.1 Å². The van der Waals surface area contributed by atoms with E-state index in [1.54, 1.807) is 29.2 Å². The molecule has 0 atom stereocenters. The van der Waals surface area contributed by atoms with Crippen molar-refractivity contribution in [2.45, 2.75) is 38.4 Å². The molecular formula is C19H26N2O5. The zero-order valence-corrected chi connectivity index (χ0v) is 15.2. The number of ether oxygens (including phenoxy) is 3. The summed E-state index contributed by atoms with van der Waals surface area (Å²) in [6.07, 6.45) is 3.08. The molecule has 0 saturated carbocycles. The van der Waals surface area contributed by atoms with E-state index in [-0.39, 0.29) is 6.03 Å². The molecule has 0 aromatic heterocycles. The van der Waals surface area contributed by atoms with Crippen molar-refractivity contribution in [2.24, 2.45) is 0 Å². The number of amides is 2. The first-order chi connectivity index (χ1) is 12.6. The number of para-hydroxylation sites is 1. The van der Waals surface area contributed by atoms with Gasteiger partial charge in [-0.15, -0.1) is 0 Å². The second-order valence-corrected chi connectivity index (χ2v) is 6.56. The number of esters is 1. The lowest BCUT2D eigenvalue weighted by molar-refractivity contribution is -0.181. The van der Waals surface area contributed by atoms with Gasteiger partial charge < -0.3 is 24.4 Å². The van der Waals surface area contributed by atoms with E-state index in [4.69, 9.17) is 14.2 Å². The molecule has 2 heterocycles. The van der Waals surface area contributed by atoms with E-state index in [9.17, 15) is 9.59 Å². The summed E-state index contributed by atoms with van der Waals surface area (Å²) < 4.78 is 16.6. The molecule has 7 nitrogen and oxygen atoms in total. The standard InChI is InChI=1S/C19H26N2O5/c1-2-3-12-24-17(22)15-6-4-5-7-16(15)20-18(23)21-10-8-19(9-11-21)25-13-14-26-19/h4-7H,2-3,8-14H2,1H3,(H,20,23). The van der Waals surface area contributed by atoms with Crippen molar-refractivity contribution in [2.75, 3.05) is 38.2 Å². The van der Waals surface area contributed by atoms with Crippen LogP contribution < -0.4 is 5.32 Å². The van der Waals surface area contributed by atoms with Gasteiger partial charge in [0.25, 0.3) is 0 Å². The van der Waals surface area contributed by atoms with Gasteiger partial charge in [0.1, 0.15) is 0 Å². The molecule has 0 radical (unpaired) electrons. The zero-order chi connectivity index (χ0) is 18.4. The normalized spacial score (nSPS) is 18.7.